The summed E-state index contributed by atoms with van der Waals surface area (Å²) in [6.45, 7) is 3.00. The summed E-state index contributed by atoms with van der Waals surface area (Å²) in [5.41, 5.74) is 1.72. The Bertz CT molecular complexity index is 599. The van der Waals surface area contributed by atoms with Crippen LogP contribution in [0.4, 0.5) is 4.39 Å². The van der Waals surface area contributed by atoms with Gasteiger partial charge in [-0.15, -0.1) is 0 Å². The summed E-state index contributed by atoms with van der Waals surface area (Å²) >= 11 is 0. The van der Waals surface area contributed by atoms with Crippen molar-refractivity contribution in [1.29, 1.82) is 0 Å². The first kappa shape index (κ1) is 13.3. The molecule has 0 amide bonds. The summed E-state index contributed by atoms with van der Waals surface area (Å²) < 4.78 is 18.4. The van der Waals surface area contributed by atoms with E-state index in [1.807, 2.05) is 19.1 Å². The Kier molecular flexibility index (Phi) is 3.54. The van der Waals surface area contributed by atoms with Crippen molar-refractivity contribution in [3.8, 4) is 0 Å². The molecule has 5 heteroatoms. The summed E-state index contributed by atoms with van der Waals surface area (Å²) in [7, 11) is 0. The van der Waals surface area contributed by atoms with Crippen molar-refractivity contribution in [3.05, 3.63) is 53.2 Å². The molecule has 2 aromatic rings. The lowest BCUT2D eigenvalue weighted by molar-refractivity contribution is 0.171. The number of hydrogen-bond donors (Lipinski definition) is 1. The molecule has 2 atom stereocenters. The molecular formula is C15H17FN2O2. The molecule has 1 aliphatic rings. The number of benzene rings is 1. The van der Waals surface area contributed by atoms with Crippen LogP contribution in [0.1, 0.15) is 29.5 Å². The number of likely N-dealkylation sites (tertiary alicyclic amines) is 1. The van der Waals surface area contributed by atoms with Gasteiger partial charge in [-0.05, 0) is 31.0 Å². The minimum Gasteiger partial charge on any atom is -0.392 e. The standard InChI is InChI=1S/C15H17FN2O2/c1-10-5-13(17-20-10)8-18-9-14(19)7-15(18)11-3-2-4-12(16)6-11/h2-6,14-15,19H,7-9H2,1H3/t14-,15-/m0/s1. The van der Waals surface area contributed by atoms with Gasteiger partial charge >= 0.3 is 0 Å². The second-order valence-corrected chi connectivity index (χ2v) is 5.32. The lowest BCUT2D eigenvalue weighted by Crippen LogP contribution is -2.24. The van der Waals surface area contributed by atoms with E-state index in [1.54, 1.807) is 6.07 Å². The number of nitrogens with zero attached hydrogens (tertiary/aromatic N) is 2. The number of aliphatic hydroxyl groups is 1. The van der Waals surface area contributed by atoms with Crippen LogP contribution < -0.4 is 0 Å². The van der Waals surface area contributed by atoms with Crippen LogP contribution in [0.25, 0.3) is 0 Å². The maximum atomic E-state index is 13.4. The van der Waals surface area contributed by atoms with Crippen LogP contribution in [-0.2, 0) is 6.54 Å². The van der Waals surface area contributed by atoms with E-state index in [1.165, 1.54) is 12.1 Å². The third-order valence-electron chi connectivity index (χ3n) is 3.66. The van der Waals surface area contributed by atoms with Crippen molar-refractivity contribution in [1.82, 2.24) is 10.1 Å². The molecule has 4 nitrogen and oxygen atoms in total. The van der Waals surface area contributed by atoms with E-state index in [4.69, 9.17) is 4.52 Å². The quantitative estimate of drug-likeness (QED) is 0.935. The van der Waals surface area contributed by atoms with Crippen LogP contribution >= 0.6 is 0 Å². The number of aryl methyl sites for hydroxylation is 1. The molecule has 1 aromatic heterocycles. The van der Waals surface area contributed by atoms with Crippen LogP contribution in [-0.4, -0.2) is 27.8 Å². The Balaban J connectivity index is 1.81. The van der Waals surface area contributed by atoms with Crippen molar-refractivity contribution in [2.75, 3.05) is 6.54 Å². The van der Waals surface area contributed by atoms with Gasteiger partial charge in [0.2, 0.25) is 0 Å². The zero-order chi connectivity index (χ0) is 14.1. The zero-order valence-corrected chi connectivity index (χ0v) is 11.3. The van der Waals surface area contributed by atoms with E-state index in [0.717, 1.165) is 17.0 Å². The Morgan fingerprint density at radius 2 is 2.30 bits per heavy atom. The van der Waals surface area contributed by atoms with Gasteiger partial charge in [0.1, 0.15) is 11.6 Å². The van der Waals surface area contributed by atoms with E-state index in [0.29, 0.717) is 19.5 Å². The number of halogens is 1. The monoisotopic (exact) mass is 276 g/mol. The van der Waals surface area contributed by atoms with E-state index >= 15 is 0 Å². The highest BCUT2D eigenvalue weighted by Gasteiger charge is 2.32. The average molecular weight is 276 g/mol. The molecule has 1 saturated heterocycles. The molecule has 0 bridgehead atoms. The van der Waals surface area contributed by atoms with Gasteiger partial charge in [-0.25, -0.2) is 4.39 Å². The Labute approximate surface area is 116 Å². The summed E-state index contributed by atoms with van der Waals surface area (Å²) in [6.07, 6.45) is 0.219. The van der Waals surface area contributed by atoms with Crippen molar-refractivity contribution in [3.63, 3.8) is 0 Å². The van der Waals surface area contributed by atoms with Crippen molar-refractivity contribution >= 4 is 0 Å². The van der Waals surface area contributed by atoms with Crippen molar-refractivity contribution in [2.24, 2.45) is 0 Å². The molecule has 0 saturated carbocycles. The third kappa shape index (κ3) is 2.73. The molecule has 106 valence electrons. The van der Waals surface area contributed by atoms with Gasteiger partial charge in [0.05, 0.1) is 11.8 Å². The van der Waals surface area contributed by atoms with Crippen LogP contribution in [0.3, 0.4) is 0 Å². The van der Waals surface area contributed by atoms with Gasteiger partial charge < -0.3 is 9.63 Å². The first-order valence-corrected chi connectivity index (χ1v) is 6.71. The van der Waals surface area contributed by atoms with Crippen molar-refractivity contribution < 1.29 is 14.0 Å². The largest absolute Gasteiger partial charge is 0.392 e. The molecule has 1 aromatic carbocycles. The Morgan fingerprint density at radius 1 is 1.45 bits per heavy atom. The van der Waals surface area contributed by atoms with Gasteiger partial charge in [-0.2, -0.15) is 0 Å². The van der Waals surface area contributed by atoms with E-state index in [-0.39, 0.29) is 11.9 Å². The van der Waals surface area contributed by atoms with E-state index in [9.17, 15) is 9.50 Å². The Hall–Kier alpha value is -1.72. The zero-order valence-electron chi connectivity index (χ0n) is 11.3. The normalized spacial score (nSPS) is 23.4. The average Bonchev–Trinajstić information content (AvgIpc) is 2.96. The predicted octanol–water partition coefficient (Wildman–Crippen LogP) is 2.43. The smallest absolute Gasteiger partial charge is 0.133 e. The van der Waals surface area contributed by atoms with Gasteiger partial charge in [0.15, 0.2) is 0 Å². The van der Waals surface area contributed by atoms with Gasteiger partial charge in [0.25, 0.3) is 0 Å². The molecule has 0 spiro atoms. The van der Waals surface area contributed by atoms with Gasteiger partial charge in [-0.1, -0.05) is 17.3 Å². The fourth-order valence-electron chi connectivity index (χ4n) is 2.82. The minimum absolute atomic E-state index is 0.0118. The molecule has 0 radical (unpaired) electrons. The highest BCUT2D eigenvalue weighted by molar-refractivity contribution is 5.22. The molecule has 2 heterocycles. The predicted molar refractivity (Wildman–Crippen MR) is 71.4 cm³/mol. The second kappa shape index (κ2) is 5.34. The molecule has 1 aliphatic heterocycles. The highest BCUT2D eigenvalue weighted by Crippen LogP contribution is 2.33. The maximum absolute atomic E-state index is 13.4. The summed E-state index contributed by atoms with van der Waals surface area (Å²) in [6, 6.07) is 8.45. The molecule has 0 unspecified atom stereocenters. The number of hydrogen-bond acceptors (Lipinski definition) is 4. The number of rotatable bonds is 3. The Morgan fingerprint density at radius 3 is 3.00 bits per heavy atom. The molecule has 1 N–H and O–H groups in total. The topological polar surface area (TPSA) is 49.5 Å². The lowest BCUT2D eigenvalue weighted by atomic mass is 10.0. The first-order valence-electron chi connectivity index (χ1n) is 6.71. The molecule has 1 fully saturated rings. The SMILES string of the molecule is Cc1cc(CN2C[C@@H](O)C[C@H]2c2cccc(F)c2)no1. The summed E-state index contributed by atoms with van der Waals surface area (Å²) in [5, 5.41) is 13.9. The molecule has 3 rings (SSSR count). The molecular weight excluding hydrogens is 259 g/mol. The summed E-state index contributed by atoms with van der Waals surface area (Å²) in [4.78, 5) is 2.11. The van der Waals surface area contributed by atoms with Crippen LogP contribution in [0.15, 0.2) is 34.9 Å². The fourth-order valence-corrected chi connectivity index (χ4v) is 2.82. The maximum Gasteiger partial charge on any atom is 0.133 e. The number of β-amino-alcohol motifs (C(OH)–C–C–N with tert-alkyl or cyclic N) is 1. The molecule has 0 aliphatic carbocycles. The van der Waals surface area contributed by atoms with Crippen LogP contribution in [0, 0.1) is 12.7 Å². The minimum atomic E-state index is -0.392. The number of aromatic nitrogens is 1. The first-order chi connectivity index (χ1) is 9.61. The number of aliphatic hydroxyl groups excluding tert-OH is 1. The second-order valence-electron chi connectivity index (χ2n) is 5.32. The highest BCUT2D eigenvalue weighted by atomic mass is 19.1. The van der Waals surface area contributed by atoms with Gasteiger partial charge in [0, 0.05) is 25.2 Å². The molecule has 20 heavy (non-hydrogen) atoms. The lowest BCUT2D eigenvalue weighted by Gasteiger charge is -2.23. The van der Waals surface area contributed by atoms with E-state index < -0.39 is 6.10 Å². The van der Waals surface area contributed by atoms with Gasteiger partial charge in [-0.3, -0.25) is 4.90 Å². The van der Waals surface area contributed by atoms with Crippen molar-refractivity contribution in [2.45, 2.75) is 32.0 Å². The fraction of sp³-hybridized carbons (Fsp3) is 0.400. The van der Waals surface area contributed by atoms with Crippen LogP contribution in [0.2, 0.25) is 0 Å². The van der Waals surface area contributed by atoms with E-state index in [2.05, 4.69) is 10.1 Å². The van der Waals surface area contributed by atoms with Crippen LogP contribution in [0.5, 0.6) is 0 Å². The third-order valence-corrected chi connectivity index (χ3v) is 3.66. The summed E-state index contributed by atoms with van der Waals surface area (Å²) in [5.74, 6) is 0.517.